The normalized spacial score (nSPS) is 11.6. The van der Waals surface area contributed by atoms with E-state index in [4.69, 9.17) is 14.1 Å². The molecule has 0 saturated heterocycles. The van der Waals surface area contributed by atoms with Gasteiger partial charge in [-0.1, -0.05) is 69.3 Å². The molecule has 0 fully saturated rings. The van der Waals surface area contributed by atoms with Crippen LogP contribution in [0.15, 0.2) is 108 Å². The molecule has 0 aliphatic carbocycles. The molecule has 0 radical (unpaired) electrons. The van der Waals surface area contributed by atoms with Crippen molar-refractivity contribution in [2.24, 2.45) is 5.41 Å². The Morgan fingerprint density at radius 1 is 0.690 bits per heavy atom. The summed E-state index contributed by atoms with van der Waals surface area (Å²) >= 11 is 0. The molecule has 7 rings (SSSR count). The molecule has 0 N–H and O–H groups in total. The molecular weight excluding hydrogens is 699 g/mol. The van der Waals surface area contributed by atoms with Gasteiger partial charge in [0.2, 0.25) is 0 Å². The fourth-order valence-electron chi connectivity index (χ4n) is 5.40. The topological polar surface area (TPSA) is 48.2 Å². The van der Waals surface area contributed by atoms with Crippen LogP contribution in [0.3, 0.4) is 0 Å². The molecule has 7 aromatic rings. The number of aromatic nitrogens is 2. The summed E-state index contributed by atoms with van der Waals surface area (Å²) in [6.45, 7) is 6.80. The Balaban J connectivity index is 0.00000316. The van der Waals surface area contributed by atoms with Crippen LogP contribution in [0.1, 0.15) is 26.3 Å². The number of benzene rings is 4. The second kappa shape index (κ2) is 11.2. The van der Waals surface area contributed by atoms with E-state index in [0.717, 1.165) is 56.3 Å². The Morgan fingerprint density at radius 2 is 1.43 bits per heavy atom. The Hall–Kier alpha value is -4.27. The van der Waals surface area contributed by atoms with Crippen LogP contribution < -0.4 is 4.74 Å². The first-order chi connectivity index (χ1) is 19.9. The third kappa shape index (κ3) is 5.47. The van der Waals surface area contributed by atoms with E-state index in [2.05, 4.69) is 68.2 Å². The van der Waals surface area contributed by atoms with E-state index in [1.54, 1.807) is 6.20 Å². The molecule has 4 aromatic carbocycles. The first-order valence-electron chi connectivity index (χ1n) is 13.8. The van der Waals surface area contributed by atoms with E-state index >= 15 is 0 Å². The first kappa shape index (κ1) is 27.9. The maximum absolute atomic E-state index is 6.58. The van der Waals surface area contributed by atoms with Crippen LogP contribution in [-0.2, 0) is 27.5 Å². The summed E-state index contributed by atoms with van der Waals surface area (Å²) in [5, 5.41) is 4.39. The SMILES string of the molecule is CC(C)(C)Cc1ccc2c(ccc3c4ccnc(-c5[c-]c(Oc6[c-]c(-c7ccccn7)ccc6)ccc5)c4oc23)c1.[Pt+2]. The van der Waals surface area contributed by atoms with Crippen molar-refractivity contribution in [3.05, 3.63) is 121 Å². The molecule has 208 valence electrons. The molecule has 3 heterocycles. The molecule has 0 saturated carbocycles. The Labute approximate surface area is 259 Å². The van der Waals surface area contributed by atoms with Gasteiger partial charge in [-0.15, -0.1) is 47.5 Å². The maximum Gasteiger partial charge on any atom is 2.00 e. The Morgan fingerprint density at radius 3 is 2.19 bits per heavy atom. The van der Waals surface area contributed by atoms with Crippen molar-refractivity contribution < 1.29 is 30.2 Å². The quantitative estimate of drug-likeness (QED) is 0.166. The minimum atomic E-state index is 0. The third-order valence-electron chi connectivity index (χ3n) is 7.12. The van der Waals surface area contributed by atoms with Crippen LogP contribution in [0.4, 0.5) is 0 Å². The number of rotatable bonds is 5. The van der Waals surface area contributed by atoms with Gasteiger partial charge >= 0.3 is 21.1 Å². The Kier molecular flexibility index (Phi) is 7.43. The van der Waals surface area contributed by atoms with Crippen molar-refractivity contribution in [3.63, 3.8) is 0 Å². The predicted molar refractivity (Wildman–Crippen MR) is 165 cm³/mol. The van der Waals surface area contributed by atoms with Gasteiger partial charge in [0, 0.05) is 45.7 Å². The molecule has 0 aliphatic rings. The van der Waals surface area contributed by atoms with Gasteiger partial charge in [0.25, 0.3) is 0 Å². The molecule has 0 unspecified atom stereocenters. The second-order valence-electron chi connectivity index (χ2n) is 11.5. The van der Waals surface area contributed by atoms with Crippen molar-refractivity contribution in [2.45, 2.75) is 27.2 Å². The van der Waals surface area contributed by atoms with Crippen molar-refractivity contribution in [1.29, 1.82) is 0 Å². The monoisotopic (exact) mass is 727 g/mol. The average molecular weight is 728 g/mol. The van der Waals surface area contributed by atoms with E-state index in [-0.39, 0.29) is 26.5 Å². The van der Waals surface area contributed by atoms with Crippen molar-refractivity contribution >= 4 is 32.7 Å². The summed E-state index contributed by atoms with van der Waals surface area (Å²) in [5.41, 5.74) is 6.41. The molecular formula is C37H28N2O2Pt. The van der Waals surface area contributed by atoms with Crippen molar-refractivity contribution in [3.8, 4) is 34.0 Å². The van der Waals surface area contributed by atoms with E-state index in [1.165, 1.54) is 10.9 Å². The first-order valence-corrected chi connectivity index (χ1v) is 13.8. The number of fused-ring (bicyclic) bond motifs is 5. The second-order valence-corrected chi connectivity index (χ2v) is 11.5. The average Bonchev–Trinajstić information content (AvgIpc) is 3.36. The molecule has 0 amide bonds. The van der Waals surface area contributed by atoms with Gasteiger partial charge in [-0.3, -0.25) is 0 Å². The molecule has 5 heteroatoms. The molecule has 3 aromatic heterocycles. The van der Waals surface area contributed by atoms with Crippen LogP contribution in [-0.4, -0.2) is 9.97 Å². The summed E-state index contributed by atoms with van der Waals surface area (Å²) in [4.78, 5) is 9.13. The number of pyridine rings is 2. The maximum atomic E-state index is 6.58. The fourth-order valence-corrected chi connectivity index (χ4v) is 5.40. The van der Waals surface area contributed by atoms with Gasteiger partial charge < -0.3 is 19.1 Å². The summed E-state index contributed by atoms with van der Waals surface area (Å²) in [7, 11) is 0. The van der Waals surface area contributed by atoms with Crippen molar-refractivity contribution in [1.82, 2.24) is 9.97 Å². The van der Waals surface area contributed by atoms with E-state index < -0.39 is 0 Å². The van der Waals surface area contributed by atoms with Crippen LogP contribution in [0, 0.1) is 17.5 Å². The summed E-state index contributed by atoms with van der Waals surface area (Å²) in [6.07, 6.45) is 4.62. The number of nitrogens with zero attached hydrogens (tertiary/aromatic N) is 2. The largest absolute Gasteiger partial charge is 2.00 e. The van der Waals surface area contributed by atoms with Crippen LogP contribution in [0.5, 0.6) is 11.5 Å². The molecule has 0 bridgehead atoms. The van der Waals surface area contributed by atoms with Gasteiger partial charge in [0.15, 0.2) is 0 Å². The summed E-state index contributed by atoms with van der Waals surface area (Å²) in [5.74, 6) is 1.16. The van der Waals surface area contributed by atoms with Gasteiger partial charge in [-0.05, 0) is 46.7 Å². The van der Waals surface area contributed by atoms with Gasteiger partial charge in [0.05, 0.1) is 0 Å². The third-order valence-corrected chi connectivity index (χ3v) is 7.12. The van der Waals surface area contributed by atoms with Gasteiger partial charge in [0.1, 0.15) is 11.2 Å². The van der Waals surface area contributed by atoms with E-state index in [9.17, 15) is 0 Å². The molecule has 0 aliphatic heterocycles. The van der Waals surface area contributed by atoms with E-state index in [1.807, 2.05) is 66.9 Å². The molecule has 0 atom stereocenters. The number of hydrogen-bond donors (Lipinski definition) is 0. The molecule has 42 heavy (non-hydrogen) atoms. The fraction of sp³-hybridized carbons (Fsp3) is 0.135. The zero-order valence-corrected chi connectivity index (χ0v) is 25.8. The zero-order chi connectivity index (χ0) is 28.0. The smallest absolute Gasteiger partial charge is 0.497 e. The van der Waals surface area contributed by atoms with Crippen LogP contribution in [0.2, 0.25) is 0 Å². The Bertz CT molecular complexity index is 2040. The number of hydrogen-bond acceptors (Lipinski definition) is 4. The van der Waals surface area contributed by atoms with Crippen LogP contribution in [0.25, 0.3) is 55.2 Å². The van der Waals surface area contributed by atoms with E-state index in [0.29, 0.717) is 11.5 Å². The standard InChI is InChI=1S/C37H28N2O2.Pt/c1-37(2,3)23-24-13-15-30-25(20-24)14-16-31-32-17-19-39-34(36(32)41-35(30)31)27-9-7-11-29(22-27)40-28-10-6-8-26(21-28)33-12-4-5-18-38-33;/h4-20H,23H2,1-3H3;/q-2;+2. The van der Waals surface area contributed by atoms with Gasteiger partial charge in [-0.25, -0.2) is 0 Å². The van der Waals surface area contributed by atoms with Crippen LogP contribution >= 0.6 is 0 Å². The number of furan rings is 1. The van der Waals surface area contributed by atoms with Crippen molar-refractivity contribution in [2.75, 3.05) is 0 Å². The summed E-state index contributed by atoms with van der Waals surface area (Å²) in [6, 6.07) is 37.1. The minimum absolute atomic E-state index is 0. The minimum Gasteiger partial charge on any atom is -0.497 e. The molecule has 0 spiro atoms. The zero-order valence-electron chi connectivity index (χ0n) is 23.5. The summed E-state index contributed by atoms with van der Waals surface area (Å²) < 4.78 is 12.8. The predicted octanol–water partition coefficient (Wildman–Crippen LogP) is 9.84. The number of ether oxygens (including phenoxy) is 1. The van der Waals surface area contributed by atoms with Gasteiger partial charge in [-0.2, -0.15) is 0 Å². The molecule has 4 nitrogen and oxygen atoms in total.